The van der Waals surface area contributed by atoms with Crippen molar-refractivity contribution >= 4 is 33.1 Å². The summed E-state index contributed by atoms with van der Waals surface area (Å²) in [6, 6.07) is 8.18. The zero-order valence-electron chi connectivity index (χ0n) is 13.4. The Balaban J connectivity index is 1.50. The number of nitrogens with zero attached hydrogens (tertiary/aromatic N) is 2. The smallest absolute Gasteiger partial charge is 0.322 e. The Kier molecular flexibility index (Phi) is 5.43. The third-order valence-corrected chi connectivity index (χ3v) is 6.07. The molecule has 7 nitrogen and oxygen atoms in total. The summed E-state index contributed by atoms with van der Waals surface area (Å²) in [6.07, 6.45) is 0.0780. The topological polar surface area (TPSA) is 102 Å². The van der Waals surface area contributed by atoms with Crippen LogP contribution in [0.4, 0.5) is 10.4 Å². The lowest BCUT2D eigenvalue weighted by atomic mass is 10.3. The normalized spacial score (nSPS) is 11.4. The van der Waals surface area contributed by atoms with E-state index in [9.17, 15) is 17.6 Å². The van der Waals surface area contributed by atoms with E-state index in [0.29, 0.717) is 5.89 Å². The molecule has 0 aliphatic rings. The summed E-state index contributed by atoms with van der Waals surface area (Å²) < 4.78 is 42.4. The molecule has 0 aliphatic heterocycles. The van der Waals surface area contributed by atoms with Gasteiger partial charge in [-0.25, -0.2) is 12.8 Å². The van der Waals surface area contributed by atoms with Crippen molar-refractivity contribution in [1.29, 1.82) is 0 Å². The molecule has 2 aromatic heterocycles. The third kappa shape index (κ3) is 4.52. The predicted molar refractivity (Wildman–Crippen MR) is 93.9 cm³/mol. The van der Waals surface area contributed by atoms with Crippen LogP contribution in [0.5, 0.6) is 0 Å². The molecule has 0 unspecified atom stereocenters. The van der Waals surface area contributed by atoms with Gasteiger partial charge in [-0.1, -0.05) is 11.2 Å². The number of carbonyl (C=O) groups is 1. The molecule has 1 amide bonds. The lowest BCUT2D eigenvalue weighted by molar-refractivity contribution is -0.116. The minimum absolute atomic E-state index is 0.0248. The molecule has 10 heteroatoms. The Morgan fingerprint density at radius 3 is 2.65 bits per heavy atom. The second-order valence-corrected chi connectivity index (χ2v) is 8.37. The maximum atomic E-state index is 12.9. The average molecular weight is 395 g/mol. The number of nitrogens with one attached hydrogen (secondary N) is 1. The quantitative estimate of drug-likeness (QED) is 0.617. The van der Waals surface area contributed by atoms with E-state index in [4.69, 9.17) is 4.42 Å². The number of benzene rings is 1. The van der Waals surface area contributed by atoms with Crippen LogP contribution in [0.15, 0.2) is 51.1 Å². The van der Waals surface area contributed by atoms with E-state index < -0.39 is 21.6 Å². The summed E-state index contributed by atoms with van der Waals surface area (Å²) >= 11 is 1.42. The molecule has 0 saturated carbocycles. The number of hydrogen-bond donors (Lipinski definition) is 1. The van der Waals surface area contributed by atoms with Crippen LogP contribution in [0.2, 0.25) is 0 Å². The number of sulfone groups is 1. The van der Waals surface area contributed by atoms with Crippen molar-refractivity contribution in [2.75, 3.05) is 11.1 Å². The van der Waals surface area contributed by atoms with Crippen molar-refractivity contribution in [3.8, 4) is 10.8 Å². The molecule has 0 saturated heterocycles. The Morgan fingerprint density at radius 2 is 1.96 bits per heavy atom. The van der Waals surface area contributed by atoms with Crippen molar-refractivity contribution < 1.29 is 22.0 Å². The van der Waals surface area contributed by atoms with Gasteiger partial charge in [0, 0.05) is 6.42 Å². The van der Waals surface area contributed by atoms with E-state index in [2.05, 4.69) is 15.5 Å². The zero-order chi connectivity index (χ0) is 18.6. The molecule has 0 spiro atoms. The molecule has 3 rings (SSSR count). The summed E-state index contributed by atoms with van der Waals surface area (Å²) in [4.78, 5) is 12.7. The molecule has 0 radical (unpaired) electrons. The first-order chi connectivity index (χ1) is 12.4. The number of anilines is 1. The number of rotatable bonds is 7. The zero-order valence-corrected chi connectivity index (χ0v) is 15.0. The lowest BCUT2D eigenvalue weighted by Crippen LogP contribution is -2.14. The molecule has 136 valence electrons. The first kappa shape index (κ1) is 18.2. The molecule has 0 aliphatic carbocycles. The summed E-state index contributed by atoms with van der Waals surface area (Å²) in [5, 5.41) is 11.9. The van der Waals surface area contributed by atoms with E-state index in [1.54, 1.807) is 0 Å². The van der Waals surface area contributed by atoms with Gasteiger partial charge >= 0.3 is 6.01 Å². The molecule has 1 aromatic carbocycles. The van der Waals surface area contributed by atoms with Crippen LogP contribution in [0, 0.1) is 5.82 Å². The number of aromatic nitrogens is 2. The van der Waals surface area contributed by atoms with E-state index >= 15 is 0 Å². The van der Waals surface area contributed by atoms with Gasteiger partial charge in [0.1, 0.15) is 5.82 Å². The van der Waals surface area contributed by atoms with Crippen LogP contribution in [0.3, 0.4) is 0 Å². The number of thiophene rings is 1. The van der Waals surface area contributed by atoms with Crippen molar-refractivity contribution in [1.82, 2.24) is 10.2 Å². The van der Waals surface area contributed by atoms with E-state index in [1.165, 1.54) is 23.5 Å². The maximum absolute atomic E-state index is 12.9. The fourth-order valence-corrected chi connectivity index (χ4v) is 4.09. The largest absolute Gasteiger partial charge is 0.402 e. The molecule has 0 atom stereocenters. The summed E-state index contributed by atoms with van der Waals surface area (Å²) in [5.41, 5.74) is 0. The van der Waals surface area contributed by atoms with Crippen LogP contribution in [-0.4, -0.2) is 30.3 Å². The SMILES string of the molecule is O=C(CCCS(=O)(=O)c1ccc(F)cc1)Nc1nnc(-c2cccs2)o1. The highest BCUT2D eigenvalue weighted by molar-refractivity contribution is 7.91. The summed E-state index contributed by atoms with van der Waals surface area (Å²) in [6.45, 7) is 0. The van der Waals surface area contributed by atoms with Crippen molar-refractivity contribution in [3.05, 3.63) is 47.6 Å². The average Bonchev–Trinajstić information content (AvgIpc) is 3.26. The maximum Gasteiger partial charge on any atom is 0.322 e. The number of carbonyl (C=O) groups excluding carboxylic acids is 1. The Labute approximate surface area is 152 Å². The van der Waals surface area contributed by atoms with Gasteiger partial charge in [-0.15, -0.1) is 16.4 Å². The van der Waals surface area contributed by atoms with E-state index in [0.717, 1.165) is 17.0 Å². The lowest BCUT2D eigenvalue weighted by Gasteiger charge is -2.04. The number of amides is 1. The Hall–Kier alpha value is -2.59. The fourth-order valence-electron chi connectivity index (χ4n) is 2.14. The fraction of sp³-hybridized carbons (Fsp3) is 0.188. The van der Waals surface area contributed by atoms with Gasteiger partial charge in [0.15, 0.2) is 9.84 Å². The van der Waals surface area contributed by atoms with Crippen molar-refractivity contribution in [3.63, 3.8) is 0 Å². The first-order valence-electron chi connectivity index (χ1n) is 7.59. The van der Waals surface area contributed by atoms with Crippen LogP contribution < -0.4 is 5.32 Å². The highest BCUT2D eigenvalue weighted by atomic mass is 32.2. The number of halogens is 1. The Bertz CT molecular complexity index is 983. The highest BCUT2D eigenvalue weighted by Gasteiger charge is 2.16. The standard InChI is InChI=1S/C16H14FN3O4S2/c17-11-5-7-12(8-6-11)26(22,23)10-2-4-14(21)18-16-20-19-15(24-16)13-3-1-9-25-13/h1,3,5-9H,2,4,10H2,(H,18,20,21). The number of hydrogen-bond acceptors (Lipinski definition) is 7. The molecule has 0 fully saturated rings. The molecule has 0 bridgehead atoms. The highest BCUT2D eigenvalue weighted by Crippen LogP contribution is 2.24. The third-order valence-electron chi connectivity index (χ3n) is 3.39. The molecular formula is C16H14FN3O4S2. The van der Waals surface area contributed by atoms with Gasteiger partial charge in [-0.05, 0) is 42.1 Å². The van der Waals surface area contributed by atoms with Gasteiger partial charge in [0.25, 0.3) is 5.89 Å². The monoisotopic (exact) mass is 395 g/mol. The summed E-state index contributed by atoms with van der Waals surface area (Å²) in [5.74, 6) is -0.865. The second-order valence-electron chi connectivity index (χ2n) is 5.31. The van der Waals surface area contributed by atoms with Crippen molar-refractivity contribution in [2.45, 2.75) is 17.7 Å². The van der Waals surface area contributed by atoms with Crippen LogP contribution in [-0.2, 0) is 14.6 Å². The van der Waals surface area contributed by atoms with Crippen LogP contribution >= 0.6 is 11.3 Å². The molecule has 3 aromatic rings. The second kappa shape index (κ2) is 7.75. The van der Waals surface area contributed by atoms with Crippen LogP contribution in [0.1, 0.15) is 12.8 Å². The van der Waals surface area contributed by atoms with Gasteiger partial charge in [-0.2, -0.15) is 0 Å². The molecular weight excluding hydrogens is 381 g/mol. The molecule has 26 heavy (non-hydrogen) atoms. The van der Waals surface area contributed by atoms with E-state index in [1.807, 2.05) is 17.5 Å². The molecule has 2 heterocycles. The van der Waals surface area contributed by atoms with Crippen molar-refractivity contribution in [2.24, 2.45) is 0 Å². The van der Waals surface area contributed by atoms with Crippen LogP contribution in [0.25, 0.3) is 10.8 Å². The Morgan fingerprint density at radius 1 is 1.19 bits per heavy atom. The molecule has 1 N–H and O–H groups in total. The van der Waals surface area contributed by atoms with Gasteiger partial charge < -0.3 is 4.42 Å². The minimum Gasteiger partial charge on any atom is -0.402 e. The summed E-state index contributed by atoms with van der Waals surface area (Å²) in [7, 11) is -3.57. The van der Waals surface area contributed by atoms with Gasteiger partial charge in [0.2, 0.25) is 5.91 Å². The first-order valence-corrected chi connectivity index (χ1v) is 10.1. The minimum atomic E-state index is -3.57. The van der Waals surface area contributed by atoms with E-state index in [-0.39, 0.29) is 29.5 Å². The van der Waals surface area contributed by atoms with Gasteiger partial charge in [0.05, 0.1) is 15.5 Å². The predicted octanol–water partition coefficient (Wildman–Crippen LogP) is 3.13. The van der Waals surface area contributed by atoms with Gasteiger partial charge in [-0.3, -0.25) is 10.1 Å².